The van der Waals surface area contributed by atoms with Crippen molar-refractivity contribution in [3.63, 3.8) is 0 Å². The molecule has 3 rings (SSSR count). The zero-order valence-corrected chi connectivity index (χ0v) is 18.6. The van der Waals surface area contributed by atoms with Gasteiger partial charge >= 0.3 is 0 Å². The van der Waals surface area contributed by atoms with Gasteiger partial charge < -0.3 is 14.8 Å². The fraction of sp³-hybridized carbons (Fsp3) is 0.304. The highest BCUT2D eigenvalue weighted by Crippen LogP contribution is 2.33. The maximum Gasteiger partial charge on any atom is 0.238 e. The van der Waals surface area contributed by atoms with Gasteiger partial charge in [-0.3, -0.25) is 9.69 Å². The lowest BCUT2D eigenvalue weighted by molar-refractivity contribution is -0.117. The summed E-state index contributed by atoms with van der Waals surface area (Å²) in [5.74, 6) is 1.33. The average molecular weight is 426 g/mol. The molecule has 1 amide bonds. The fourth-order valence-electron chi connectivity index (χ4n) is 3.20. The predicted molar refractivity (Wildman–Crippen MR) is 121 cm³/mol. The number of amides is 1. The molecule has 158 valence electrons. The van der Waals surface area contributed by atoms with E-state index in [0.717, 1.165) is 33.9 Å². The van der Waals surface area contributed by atoms with Crippen molar-refractivity contribution >= 4 is 22.9 Å². The Kier molecular flexibility index (Phi) is 7.43. The molecule has 0 saturated heterocycles. The molecule has 1 aromatic heterocycles. The van der Waals surface area contributed by atoms with Crippen LogP contribution in [0.5, 0.6) is 11.5 Å². The summed E-state index contributed by atoms with van der Waals surface area (Å²) in [5, 5.41) is 5.93. The highest BCUT2D eigenvalue weighted by molar-refractivity contribution is 7.13. The fourth-order valence-corrected chi connectivity index (χ4v) is 4.01. The molecule has 0 aliphatic rings. The number of aryl methyl sites for hydroxylation is 1. The Hall–Kier alpha value is -2.90. The van der Waals surface area contributed by atoms with Crippen LogP contribution >= 0.6 is 11.3 Å². The maximum absolute atomic E-state index is 12.4. The first-order chi connectivity index (χ1) is 14.5. The molecule has 0 saturated carbocycles. The van der Waals surface area contributed by atoms with Crippen molar-refractivity contribution in [1.82, 2.24) is 9.88 Å². The molecule has 0 unspecified atom stereocenters. The third-order valence-electron chi connectivity index (χ3n) is 4.70. The Balaban J connectivity index is 1.61. The minimum Gasteiger partial charge on any atom is -0.493 e. The van der Waals surface area contributed by atoms with E-state index in [4.69, 9.17) is 14.5 Å². The molecule has 1 heterocycles. The van der Waals surface area contributed by atoms with E-state index in [1.807, 2.05) is 59.8 Å². The number of ether oxygens (including phenoxy) is 2. The second kappa shape index (κ2) is 10.2. The molecule has 30 heavy (non-hydrogen) atoms. The predicted octanol–water partition coefficient (Wildman–Crippen LogP) is 4.46. The van der Waals surface area contributed by atoms with E-state index in [2.05, 4.69) is 12.2 Å². The van der Waals surface area contributed by atoms with Crippen LogP contribution in [0.25, 0.3) is 10.6 Å². The number of aromatic nitrogens is 1. The molecule has 3 aromatic rings. The third kappa shape index (κ3) is 5.37. The molecule has 0 bridgehead atoms. The Morgan fingerprint density at radius 2 is 1.90 bits per heavy atom. The lowest BCUT2D eigenvalue weighted by Gasteiger charge is -2.16. The quantitative estimate of drug-likeness (QED) is 0.548. The number of likely N-dealkylation sites (N-methyl/N-ethyl adjacent to an activating group) is 1. The van der Waals surface area contributed by atoms with Gasteiger partial charge in [0.2, 0.25) is 5.91 Å². The molecule has 0 radical (unpaired) electrons. The Morgan fingerprint density at radius 3 is 2.63 bits per heavy atom. The highest BCUT2D eigenvalue weighted by Gasteiger charge is 2.13. The van der Waals surface area contributed by atoms with E-state index in [1.54, 1.807) is 25.6 Å². The van der Waals surface area contributed by atoms with Crippen LogP contribution in [0.1, 0.15) is 18.2 Å². The van der Waals surface area contributed by atoms with Crippen LogP contribution in [0.3, 0.4) is 0 Å². The van der Waals surface area contributed by atoms with Gasteiger partial charge in [0.25, 0.3) is 0 Å². The van der Waals surface area contributed by atoms with Crippen LogP contribution in [0.2, 0.25) is 0 Å². The van der Waals surface area contributed by atoms with Crippen molar-refractivity contribution in [2.45, 2.75) is 19.9 Å². The molecule has 0 aliphatic heterocycles. The molecule has 0 spiro atoms. The topological polar surface area (TPSA) is 63.7 Å². The first-order valence-corrected chi connectivity index (χ1v) is 10.6. The number of nitrogens with zero attached hydrogens (tertiary/aromatic N) is 2. The number of para-hydroxylation sites is 1. The van der Waals surface area contributed by atoms with Crippen LogP contribution in [-0.4, -0.2) is 43.6 Å². The van der Waals surface area contributed by atoms with Gasteiger partial charge in [-0.25, -0.2) is 4.98 Å². The van der Waals surface area contributed by atoms with Crippen LogP contribution in [-0.2, 0) is 17.8 Å². The van der Waals surface area contributed by atoms with Crippen LogP contribution < -0.4 is 14.8 Å². The Labute approximate surface area is 181 Å². The van der Waals surface area contributed by atoms with E-state index in [9.17, 15) is 4.79 Å². The van der Waals surface area contributed by atoms with E-state index in [0.29, 0.717) is 24.6 Å². The number of rotatable bonds is 9. The molecule has 1 N–H and O–H groups in total. The lowest BCUT2D eigenvalue weighted by atomic mass is 10.1. The molecular formula is C23H27N3O3S. The SMILES string of the molecule is CCc1ccccc1NC(=O)CN(C)Cc1csc(-c2ccc(OC)c(OC)c2)n1. The number of hydrogen-bond acceptors (Lipinski definition) is 6. The van der Waals surface area contributed by atoms with Gasteiger partial charge in [0.05, 0.1) is 26.5 Å². The average Bonchev–Trinajstić information content (AvgIpc) is 3.21. The summed E-state index contributed by atoms with van der Waals surface area (Å²) < 4.78 is 10.7. The zero-order chi connectivity index (χ0) is 21.5. The number of methoxy groups -OCH3 is 2. The maximum atomic E-state index is 12.4. The molecular weight excluding hydrogens is 398 g/mol. The molecule has 6 nitrogen and oxygen atoms in total. The van der Waals surface area contributed by atoms with Crippen molar-refractivity contribution in [3.05, 3.63) is 59.1 Å². The molecule has 0 atom stereocenters. The van der Waals surface area contributed by atoms with Crippen molar-refractivity contribution in [1.29, 1.82) is 0 Å². The van der Waals surface area contributed by atoms with Gasteiger partial charge in [-0.15, -0.1) is 11.3 Å². The van der Waals surface area contributed by atoms with Gasteiger partial charge in [-0.2, -0.15) is 0 Å². The van der Waals surface area contributed by atoms with Crippen LogP contribution in [0, 0.1) is 0 Å². The summed E-state index contributed by atoms with van der Waals surface area (Å²) in [6, 6.07) is 13.6. The van der Waals surface area contributed by atoms with Crippen molar-refractivity contribution in [3.8, 4) is 22.1 Å². The number of anilines is 1. The summed E-state index contributed by atoms with van der Waals surface area (Å²) >= 11 is 1.57. The van der Waals surface area contributed by atoms with Gasteiger partial charge in [0, 0.05) is 23.2 Å². The summed E-state index contributed by atoms with van der Waals surface area (Å²) in [7, 11) is 5.15. The van der Waals surface area contributed by atoms with Crippen LogP contribution in [0.4, 0.5) is 5.69 Å². The summed E-state index contributed by atoms with van der Waals surface area (Å²) in [6.07, 6.45) is 0.879. The number of carbonyl (C=O) groups is 1. The smallest absolute Gasteiger partial charge is 0.238 e. The zero-order valence-electron chi connectivity index (χ0n) is 17.8. The second-order valence-corrected chi connectivity index (χ2v) is 7.80. The lowest BCUT2D eigenvalue weighted by Crippen LogP contribution is -2.30. The summed E-state index contributed by atoms with van der Waals surface area (Å²) in [5.41, 5.74) is 3.91. The number of benzene rings is 2. The van der Waals surface area contributed by atoms with E-state index in [-0.39, 0.29) is 5.91 Å². The van der Waals surface area contributed by atoms with Gasteiger partial charge in [-0.05, 0) is 43.3 Å². The van der Waals surface area contributed by atoms with Crippen molar-refractivity contribution < 1.29 is 14.3 Å². The minimum atomic E-state index is -0.0336. The Bertz CT molecular complexity index is 1000. The first kappa shape index (κ1) is 21.8. The number of nitrogens with one attached hydrogen (secondary N) is 1. The molecule has 0 fully saturated rings. The molecule has 2 aromatic carbocycles. The Morgan fingerprint density at radius 1 is 1.13 bits per heavy atom. The van der Waals surface area contributed by atoms with E-state index in [1.165, 1.54) is 0 Å². The highest BCUT2D eigenvalue weighted by atomic mass is 32.1. The summed E-state index contributed by atoms with van der Waals surface area (Å²) in [4.78, 5) is 19.1. The van der Waals surface area contributed by atoms with E-state index >= 15 is 0 Å². The van der Waals surface area contributed by atoms with Crippen LogP contribution in [0.15, 0.2) is 47.8 Å². The first-order valence-electron chi connectivity index (χ1n) is 9.77. The number of thiazole rings is 1. The van der Waals surface area contributed by atoms with E-state index < -0.39 is 0 Å². The normalized spacial score (nSPS) is 10.8. The molecule has 7 heteroatoms. The third-order valence-corrected chi connectivity index (χ3v) is 5.64. The standard InChI is InChI=1S/C23H27N3O3S/c1-5-16-8-6-7-9-19(16)25-22(27)14-26(2)13-18-15-30-23(24-18)17-10-11-20(28-3)21(12-17)29-4/h6-12,15H,5,13-14H2,1-4H3,(H,25,27). The van der Waals surface area contributed by atoms with Crippen molar-refractivity contribution in [2.24, 2.45) is 0 Å². The van der Waals surface area contributed by atoms with Gasteiger partial charge in [-0.1, -0.05) is 25.1 Å². The number of hydrogen-bond donors (Lipinski definition) is 1. The number of carbonyl (C=O) groups excluding carboxylic acids is 1. The minimum absolute atomic E-state index is 0.0336. The van der Waals surface area contributed by atoms with Gasteiger partial charge in [0.15, 0.2) is 11.5 Å². The van der Waals surface area contributed by atoms with Crippen molar-refractivity contribution in [2.75, 3.05) is 33.1 Å². The molecule has 0 aliphatic carbocycles. The summed E-state index contributed by atoms with van der Waals surface area (Å²) in [6.45, 7) is 2.96. The van der Waals surface area contributed by atoms with Gasteiger partial charge in [0.1, 0.15) is 5.01 Å². The monoisotopic (exact) mass is 425 g/mol. The second-order valence-electron chi connectivity index (χ2n) is 6.94. The largest absolute Gasteiger partial charge is 0.493 e.